The van der Waals surface area contributed by atoms with Crippen LogP contribution in [0.25, 0.3) is 0 Å². The molecule has 1 aliphatic carbocycles. The second-order valence-corrected chi connectivity index (χ2v) is 5.81. The van der Waals surface area contributed by atoms with E-state index in [0.717, 1.165) is 37.8 Å². The molecule has 0 spiro atoms. The lowest BCUT2D eigenvalue weighted by Crippen LogP contribution is -2.49. The van der Waals surface area contributed by atoms with Crippen molar-refractivity contribution in [3.8, 4) is 0 Å². The zero-order valence-corrected chi connectivity index (χ0v) is 11.6. The van der Waals surface area contributed by atoms with Crippen LogP contribution >= 0.6 is 0 Å². The van der Waals surface area contributed by atoms with Gasteiger partial charge in [-0.1, -0.05) is 29.8 Å². The molecule has 3 rings (SSSR count). The van der Waals surface area contributed by atoms with Gasteiger partial charge in [-0.2, -0.15) is 0 Å². The van der Waals surface area contributed by atoms with E-state index in [0.29, 0.717) is 6.42 Å². The van der Waals surface area contributed by atoms with E-state index < -0.39 is 0 Å². The molecule has 0 N–H and O–H groups in total. The Morgan fingerprint density at radius 1 is 1.21 bits per heavy atom. The number of hydrogen-bond donors (Lipinski definition) is 0. The summed E-state index contributed by atoms with van der Waals surface area (Å²) in [4.78, 5) is 16.8. The Balaban J connectivity index is 1.53. The molecule has 19 heavy (non-hydrogen) atoms. The molecule has 1 aromatic rings. The Kier molecular flexibility index (Phi) is 3.56. The molecule has 0 atom stereocenters. The number of amides is 1. The van der Waals surface area contributed by atoms with Gasteiger partial charge < -0.3 is 4.90 Å². The topological polar surface area (TPSA) is 23.6 Å². The molecule has 1 saturated carbocycles. The van der Waals surface area contributed by atoms with Crippen LogP contribution in [0.4, 0.5) is 0 Å². The number of hydrogen-bond acceptors (Lipinski definition) is 2. The first kappa shape index (κ1) is 12.7. The van der Waals surface area contributed by atoms with Gasteiger partial charge in [-0.05, 0) is 25.3 Å². The van der Waals surface area contributed by atoms with Crippen molar-refractivity contribution in [2.75, 3.05) is 26.2 Å². The molecule has 2 fully saturated rings. The summed E-state index contributed by atoms with van der Waals surface area (Å²) in [6, 6.07) is 9.09. The summed E-state index contributed by atoms with van der Waals surface area (Å²) in [6.45, 7) is 6.00. The van der Waals surface area contributed by atoms with E-state index in [1.165, 1.54) is 18.4 Å². The molecule has 0 bridgehead atoms. The lowest BCUT2D eigenvalue weighted by atomic mass is 10.1. The van der Waals surface area contributed by atoms with Crippen LogP contribution in [-0.2, 0) is 11.2 Å². The normalized spacial score (nSPS) is 20.6. The second kappa shape index (κ2) is 5.33. The first-order chi connectivity index (χ1) is 9.22. The lowest BCUT2D eigenvalue weighted by molar-refractivity contribution is -0.132. The number of aryl methyl sites for hydroxylation is 1. The monoisotopic (exact) mass is 258 g/mol. The lowest BCUT2D eigenvalue weighted by Gasteiger charge is -2.34. The molecule has 1 aromatic carbocycles. The van der Waals surface area contributed by atoms with Gasteiger partial charge in [0.2, 0.25) is 5.91 Å². The minimum Gasteiger partial charge on any atom is -0.340 e. The standard InChI is InChI=1S/C16H22N2O/c1-13-3-2-4-14(11-13)12-16(19)18-9-7-17(8-10-18)15-5-6-15/h2-4,11,15H,5-10,12H2,1H3. The largest absolute Gasteiger partial charge is 0.340 e. The maximum absolute atomic E-state index is 12.3. The zero-order valence-electron chi connectivity index (χ0n) is 11.6. The Morgan fingerprint density at radius 3 is 2.58 bits per heavy atom. The van der Waals surface area contributed by atoms with E-state index in [-0.39, 0.29) is 5.91 Å². The third-order valence-electron chi connectivity index (χ3n) is 4.17. The Morgan fingerprint density at radius 2 is 1.95 bits per heavy atom. The molecule has 3 heteroatoms. The van der Waals surface area contributed by atoms with Gasteiger partial charge in [0.25, 0.3) is 0 Å². The van der Waals surface area contributed by atoms with Crippen molar-refractivity contribution in [2.24, 2.45) is 0 Å². The smallest absolute Gasteiger partial charge is 0.227 e. The molecule has 0 unspecified atom stereocenters. The molecule has 1 heterocycles. The molecule has 0 radical (unpaired) electrons. The fourth-order valence-corrected chi connectivity index (χ4v) is 2.88. The van der Waals surface area contributed by atoms with Gasteiger partial charge in [0, 0.05) is 32.2 Å². The summed E-state index contributed by atoms with van der Waals surface area (Å²) >= 11 is 0. The van der Waals surface area contributed by atoms with Gasteiger partial charge in [-0.25, -0.2) is 0 Å². The molecule has 1 amide bonds. The summed E-state index contributed by atoms with van der Waals surface area (Å²) in [6.07, 6.45) is 3.26. The number of carbonyl (C=O) groups is 1. The Labute approximate surface area is 115 Å². The van der Waals surface area contributed by atoms with Gasteiger partial charge in [-0.15, -0.1) is 0 Å². The highest BCUT2D eigenvalue weighted by Gasteiger charge is 2.32. The van der Waals surface area contributed by atoms with Gasteiger partial charge in [0.05, 0.1) is 6.42 Å². The first-order valence-electron chi connectivity index (χ1n) is 7.30. The quantitative estimate of drug-likeness (QED) is 0.826. The summed E-state index contributed by atoms with van der Waals surface area (Å²) in [7, 11) is 0. The molecule has 3 nitrogen and oxygen atoms in total. The third kappa shape index (κ3) is 3.16. The highest BCUT2D eigenvalue weighted by atomic mass is 16.2. The number of rotatable bonds is 3. The van der Waals surface area contributed by atoms with Crippen LogP contribution in [-0.4, -0.2) is 47.9 Å². The van der Waals surface area contributed by atoms with Crippen LogP contribution in [0.2, 0.25) is 0 Å². The summed E-state index contributed by atoms with van der Waals surface area (Å²) < 4.78 is 0. The number of nitrogens with zero attached hydrogens (tertiary/aromatic N) is 2. The average molecular weight is 258 g/mol. The first-order valence-corrected chi connectivity index (χ1v) is 7.30. The van der Waals surface area contributed by atoms with Crippen LogP contribution in [0.1, 0.15) is 24.0 Å². The molecular formula is C16H22N2O. The van der Waals surface area contributed by atoms with Crippen molar-refractivity contribution in [1.29, 1.82) is 0 Å². The predicted octanol–water partition coefficient (Wildman–Crippen LogP) is 1.84. The number of carbonyl (C=O) groups excluding carboxylic acids is 1. The second-order valence-electron chi connectivity index (χ2n) is 5.81. The highest BCUT2D eigenvalue weighted by Crippen LogP contribution is 2.27. The number of benzene rings is 1. The minimum atomic E-state index is 0.279. The Bertz CT molecular complexity index is 460. The van der Waals surface area contributed by atoms with E-state index in [9.17, 15) is 4.79 Å². The van der Waals surface area contributed by atoms with Crippen LogP contribution < -0.4 is 0 Å². The SMILES string of the molecule is Cc1cccc(CC(=O)N2CCN(C3CC3)CC2)c1. The molecule has 1 saturated heterocycles. The van der Waals surface area contributed by atoms with Crippen molar-refractivity contribution in [1.82, 2.24) is 9.80 Å². The molecule has 102 valence electrons. The number of piperazine rings is 1. The van der Waals surface area contributed by atoms with E-state index >= 15 is 0 Å². The van der Waals surface area contributed by atoms with Crippen LogP contribution in [0.15, 0.2) is 24.3 Å². The van der Waals surface area contributed by atoms with Crippen molar-refractivity contribution < 1.29 is 4.79 Å². The van der Waals surface area contributed by atoms with Crippen molar-refractivity contribution in [3.05, 3.63) is 35.4 Å². The zero-order chi connectivity index (χ0) is 13.2. The molecule has 2 aliphatic rings. The van der Waals surface area contributed by atoms with Crippen LogP contribution in [0.3, 0.4) is 0 Å². The molecular weight excluding hydrogens is 236 g/mol. The maximum atomic E-state index is 12.3. The van der Waals surface area contributed by atoms with Crippen LogP contribution in [0.5, 0.6) is 0 Å². The average Bonchev–Trinajstić information content (AvgIpc) is 3.23. The van der Waals surface area contributed by atoms with Gasteiger partial charge in [-0.3, -0.25) is 9.69 Å². The minimum absolute atomic E-state index is 0.279. The van der Waals surface area contributed by atoms with Crippen molar-refractivity contribution >= 4 is 5.91 Å². The van der Waals surface area contributed by atoms with E-state index in [1.807, 2.05) is 17.0 Å². The fourth-order valence-electron chi connectivity index (χ4n) is 2.88. The summed E-state index contributed by atoms with van der Waals surface area (Å²) in [5.41, 5.74) is 2.36. The fraction of sp³-hybridized carbons (Fsp3) is 0.562. The molecule has 0 aromatic heterocycles. The highest BCUT2D eigenvalue weighted by molar-refractivity contribution is 5.79. The maximum Gasteiger partial charge on any atom is 0.227 e. The van der Waals surface area contributed by atoms with Crippen LogP contribution in [0, 0.1) is 6.92 Å². The third-order valence-corrected chi connectivity index (χ3v) is 4.17. The predicted molar refractivity (Wildman–Crippen MR) is 76.1 cm³/mol. The summed E-state index contributed by atoms with van der Waals surface area (Å²) in [5.74, 6) is 0.279. The van der Waals surface area contributed by atoms with E-state index in [1.54, 1.807) is 0 Å². The van der Waals surface area contributed by atoms with Gasteiger partial charge in [0.15, 0.2) is 0 Å². The van der Waals surface area contributed by atoms with E-state index in [2.05, 4.69) is 24.0 Å². The molecule has 1 aliphatic heterocycles. The van der Waals surface area contributed by atoms with Crippen molar-refractivity contribution in [2.45, 2.75) is 32.2 Å². The summed E-state index contributed by atoms with van der Waals surface area (Å²) in [5, 5.41) is 0. The van der Waals surface area contributed by atoms with E-state index in [4.69, 9.17) is 0 Å². The van der Waals surface area contributed by atoms with Crippen molar-refractivity contribution in [3.63, 3.8) is 0 Å². The van der Waals surface area contributed by atoms with Gasteiger partial charge in [0.1, 0.15) is 0 Å². The Hall–Kier alpha value is -1.35. The van der Waals surface area contributed by atoms with Gasteiger partial charge >= 0.3 is 0 Å².